The second-order valence-corrected chi connectivity index (χ2v) is 15.9. The van der Waals surface area contributed by atoms with Crippen molar-refractivity contribution in [2.45, 2.75) is 5.41 Å². The van der Waals surface area contributed by atoms with Crippen molar-refractivity contribution in [3.8, 4) is 67.7 Å². The lowest BCUT2D eigenvalue weighted by Gasteiger charge is -2.40. The molecule has 3 heterocycles. The molecule has 0 bridgehead atoms. The quantitative estimate of drug-likeness (QED) is 0.180. The van der Waals surface area contributed by atoms with Gasteiger partial charge < -0.3 is 4.74 Å². The van der Waals surface area contributed by atoms with E-state index in [1.165, 1.54) is 42.4 Å². The van der Waals surface area contributed by atoms with Crippen molar-refractivity contribution in [2.75, 3.05) is 0 Å². The summed E-state index contributed by atoms with van der Waals surface area (Å²) in [6.45, 7) is 0. The molecular weight excluding hydrogens is 713 g/mol. The van der Waals surface area contributed by atoms with Gasteiger partial charge in [-0.15, -0.1) is 11.3 Å². The van der Waals surface area contributed by atoms with Crippen LogP contribution in [0.25, 0.3) is 76.3 Å². The standard InChI is InChI=1S/C53H32N2OS/c1-2-14-33(15-3-1)52-54-46(32-47(55-52)36-28-29-41-40-20-6-11-27-49(40)57-50(41)31-36)35-17-12-16-34(30-35)37-21-13-25-45-51(37)56-48-26-10-9-24-44(48)53(45)42-22-7-4-18-38(42)39-19-5-8-23-43(39)53/h1-32H. The highest BCUT2D eigenvalue weighted by Crippen LogP contribution is 2.63. The number of para-hydroxylation sites is 2. The highest BCUT2D eigenvalue weighted by Gasteiger charge is 2.51. The summed E-state index contributed by atoms with van der Waals surface area (Å²) in [7, 11) is 0. The van der Waals surface area contributed by atoms with E-state index in [9.17, 15) is 0 Å². The van der Waals surface area contributed by atoms with Gasteiger partial charge in [-0.1, -0.05) is 164 Å². The molecule has 266 valence electrons. The summed E-state index contributed by atoms with van der Waals surface area (Å²) in [5.74, 6) is 2.45. The zero-order valence-electron chi connectivity index (χ0n) is 30.7. The summed E-state index contributed by atoms with van der Waals surface area (Å²) < 4.78 is 9.55. The molecule has 0 N–H and O–H groups in total. The van der Waals surface area contributed by atoms with Gasteiger partial charge in [0, 0.05) is 53.6 Å². The topological polar surface area (TPSA) is 35.0 Å². The molecule has 0 unspecified atom stereocenters. The van der Waals surface area contributed by atoms with Crippen LogP contribution in [0, 0.1) is 0 Å². The van der Waals surface area contributed by atoms with E-state index in [-0.39, 0.29) is 0 Å². The van der Waals surface area contributed by atoms with E-state index in [1.54, 1.807) is 0 Å². The largest absolute Gasteiger partial charge is 0.456 e. The molecule has 0 amide bonds. The minimum Gasteiger partial charge on any atom is -0.456 e. The van der Waals surface area contributed by atoms with Crippen LogP contribution >= 0.6 is 11.3 Å². The molecule has 0 saturated carbocycles. The molecule has 10 aromatic rings. The lowest BCUT2D eigenvalue weighted by atomic mass is 9.65. The molecule has 57 heavy (non-hydrogen) atoms. The molecule has 3 nitrogen and oxygen atoms in total. The summed E-state index contributed by atoms with van der Waals surface area (Å²) in [5, 5.41) is 2.56. The van der Waals surface area contributed by atoms with Crippen LogP contribution < -0.4 is 4.74 Å². The maximum absolute atomic E-state index is 7.01. The fourth-order valence-corrected chi connectivity index (χ4v) is 10.4. The molecule has 1 aliphatic heterocycles. The normalized spacial score (nSPS) is 13.2. The van der Waals surface area contributed by atoms with Gasteiger partial charge in [0.1, 0.15) is 11.5 Å². The van der Waals surface area contributed by atoms with Crippen LogP contribution in [0.15, 0.2) is 194 Å². The number of hydrogen-bond acceptors (Lipinski definition) is 4. The minimum absolute atomic E-state index is 0.521. The van der Waals surface area contributed by atoms with Crippen LogP contribution in [-0.4, -0.2) is 9.97 Å². The smallest absolute Gasteiger partial charge is 0.160 e. The monoisotopic (exact) mass is 744 g/mol. The van der Waals surface area contributed by atoms with Gasteiger partial charge in [-0.05, 0) is 58.1 Å². The number of aromatic nitrogens is 2. The van der Waals surface area contributed by atoms with E-state index in [0.717, 1.165) is 61.8 Å². The molecule has 0 atom stereocenters. The number of fused-ring (bicyclic) bond motifs is 12. The van der Waals surface area contributed by atoms with Gasteiger partial charge >= 0.3 is 0 Å². The van der Waals surface area contributed by atoms with Gasteiger partial charge in [0.05, 0.1) is 16.8 Å². The second-order valence-electron chi connectivity index (χ2n) is 14.8. The van der Waals surface area contributed by atoms with E-state index in [4.69, 9.17) is 14.7 Å². The summed E-state index contributed by atoms with van der Waals surface area (Å²) in [4.78, 5) is 10.4. The Bertz CT molecular complexity index is 3190. The highest BCUT2D eigenvalue weighted by molar-refractivity contribution is 7.25. The first-order valence-electron chi connectivity index (χ1n) is 19.3. The lowest BCUT2D eigenvalue weighted by molar-refractivity contribution is 0.438. The molecule has 1 spiro atoms. The molecular formula is C53H32N2OS. The summed E-state index contributed by atoms with van der Waals surface area (Å²) in [6.07, 6.45) is 0. The Morgan fingerprint density at radius 2 is 0.965 bits per heavy atom. The van der Waals surface area contributed by atoms with Gasteiger partial charge in [0.15, 0.2) is 5.82 Å². The van der Waals surface area contributed by atoms with Crippen molar-refractivity contribution in [1.29, 1.82) is 0 Å². The number of rotatable bonds is 4. The van der Waals surface area contributed by atoms with Crippen LogP contribution in [0.5, 0.6) is 11.5 Å². The number of hydrogen-bond donors (Lipinski definition) is 0. The third-order valence-electron chi connectivity index (χ3n) is 11.8. The molecule has 12 rings (SSSR count). The molecule has 8 aromatic carbocycles. The molecule has 2 aromatic heterocycles. The average molecular weight is 745 g/mol. The molecule has 0 fully saturated rings. The lowest BCUT2D eigenvalue weighted by Crippen LogP contribution is -2.32. The van der Waals surface area contributed by atoms with Gasteiger partial charge in [0.25, 0.3) is 0 Å². The second kappa shape index (κ2) is 12.4. The Balaban J connectivity index is 1.04. The van der Waals surface area contributed by atoms with Gasteiger partial charge in [-0.3, -0.25) is 0 Å². The zero-order valence-corrected chi connectivity index (χ0v) is 31.5. The molecule has 0 saturated heterocycles. The third kappa shape index (κ3) is 4.78. The van der Waals surface area contributed by atoms with E-state index in [0.29, 0.717) is 5.82 Å². The fourth-order valence-electron chi connectivity index (χ4n) is 9.30. The third-order valence-corrected chi connectivity index (χ3v) is 12.9. The van der Waals surface area contributed by atoms with Crippen molar-refractivity contribution in [2.24, 2.45) is 0 Å². The highest BCUT2D eigenvalue weighted by atomic mass is 32.1. The maximum Gasteiger partial charge on any atom is 0.160 e. The maximum atomic E-state index is 7.01. The van der Waals surface area contributed by atoms with E-state index < -0.39 is 5.41 Å². The van der Waals surface area contributed by atoms with Crippen LogP contribution in [0.1, 0.15) is 22.3 Å². The Morgan fingerprint density at radius 3 is 1.77 bits per heavy atom. The van der Waals surface area contributed by atoms with Crippen molar-refractivity contribution in [3.63, 3.8) is 0 Å². The Kier molecular flexibility index (Phi) is 7.01. The van der Waals surface area contributed by atoms with Crippen molar-refractivity contribution >= 4 is 31.5 Å². The van der Waals surface area contributed by atoms with Gasteiger partial charge in [-0.25, -0.2) is 9.97 Å². The summed E-state index contributed by atoms with van der Waals surface area (Å²) in [5.41, 5.74) is 13.8. The molecule has 0 radical (unpaired) electrons. The minimum atomic E-state index is -0.521. The Morgan fingerprint density at radius 1 is 0.386 bits per heavy atom. The fraction of sp³-hybridized carbons (Fsp3) is 0.0189. The first kappa shape index (κ1) is 32.1. The number of ether oxygens (including phenoxy) is 1. The Labute approximate surface area is 334 Å². The van der Waals surface area contributed by atoms with Crippen LogP contribution in [0.2, 0.25) is 0 Å². The first-order chi connectivity index (χ1) is 28.2. The first-order valence-corrected chi connectivity index (χ1v) is 20.1. The van der Waals surface area contributed by atoms with Gasteiger partial charge in [-0.2, -0.15) is 0 Å². The SMILES string of the molecule is c1ccc(-c2nc(-c3cccc(-c4cccc5c4Oc4ccccc4C54c5ccccc5-c5ccccc54)c3)cc(-c3ccc4c(c3)sc3ccccc34)n2)cc1. The summed E-state index contributed by atoms with van der Waals surface area (Å²) in [6, 6.07) is 69.3. The number of nitrogens with zero attached hydrogens (tertiary/aromatic N) is 2. The van der Waals surface area contributed by atoms with Crippen LogP contribution in [0.4, 0.5) is 0 Å². The van der Waals surface area contributed by atoms with Crippen molar-refractivity contribution in [3.05, 3.63) is 216 Å². The average Bonchev–Trinajstić information content (AvgIpc) is 3.80. The summed E-state index contributed by atoms with van der Waals surface area (Å²) >= 11 is 1.82. The zero-order chi connectivity index (χ0) is 37.5. The van der Waals surface area contributed by atoms with E-state index >= 15 is 0 Å². The van der Waals surface area contributed by atoms with Gasteiger partial charge in [0.2, 0.25) is 0 Å². The number of thiophene rings is 1. The molecule has 4 heteroatoms. The van der Waals surface area contributed by atoms with Crippen molar-refractivity contribution in [1.82, 2.24) is 9.97 Å². The van der Waals surface area contributed by atoms with E-state index in [1.807, 2.05) is 29.5 Å². The predicted molar refractivity (Wildman–Crippen MR) is 234 cm³/mol. The van der Waals surface area contributed by atoms with Crippen molar-refractivity contribution < 1.29 is 4.74 Å². The molecule has 2 aliphatic rings. The molecule has 1 aliphatic carbocycles. The van der Waals surface area contributed by atoms with E-state index in [2.05, 4.69) is 176 Å². The van der Waals surface area contributed by atoms with Crippen LogP contribution in [-0.2, 0) is 5.41 Å². The predicted octanol–water partition coefficient (Wildman–Crippen LogP) is 14.0. The number of benzene rings is 8. The van der Waals surface area contributed by atoms with Crippen LogP contribution in [0.3, 0.4) is 0 Å². The Hall–Kier alpha value is -7.14.